The van der Waals surface area contributed by atoms with Crippen molar-refractivity contribution in [2.24, 2.45) is 0 Å². The summed E-state index contributed by atoms with van der Waals surface area (Å²) in [7, 11) is -4.12. The maximum absolute atomic E-state index is 12.3. The molecule has 8 heteroatoms. The first-order valence-electron chi connectivity index (χ1n) is 4.99. The molecule has 0 aliphatic rings. The zero-order chi connectivity index (χ0) is 14.0. The number of hydrogen-bond donors (Lipinski definition) is 0. The third kappa shape index (κ3) is 3.96. The van der Waals surface area contributed by atoms with E-state index in [1.54, 1.807) is 6.07 Å². The predicted octanol–water partition coefficient (Wildman–Crippen LogP) is 3.02. The molecule has 0 aliphatic carbocycles. The van der Waals surface area contributed by atoms with E-state index < -0.39 is 22.7 Å². The number of sulfonamides is 1. The first-order chi connectivity index (χ1) is 8.16. The molecular formula is C10H11BrF3NO2S. The number of halogens is 4. The first kappa shape index (κ1) is 15.5. The molecule has 0 spiro atoms. The minimum absolute atomic E-state index is 0.164. The number of benzene rings is 1. The van der Waals surface area contributed by atoms with Crippen molar-refractivity contribution >= 4 is 26.0 Å². The van der Waals surface area contributed by atoms with Gasteiger partial charge in [-0.25, -0.2) is 8.42 Å². The summed E-state index contributed by atoms with van der Waals surface area (Å²) in [5, 5.41) is 0. The molecule has 0 fully saturated rings. The van der Waals surface area contributed by atoms with Crippen LogP contribution in [0.4, 0.5) is 13.2 Å². The lowest BCUT2D eigenvalue weighted by Gasteiger charge is -2.21. The largest absolute Gasteiger partial charge is 0.402 e. The van der Waals surface area contributed by atoms with Crippen LogP contribution in [0.15, 0.2) is 33.6 Å². The zero-order valence-corrected chi connectivity index (χ0v) is 11.8. The Labute approximate surface area is 112 Å². The topological polar surface area (TPSA) is 37.4 Å². The molecule has 0 bridgehead atoms. The minimum Gasteiger partial charge on any atom is -0.207 e. The maximum Gasteiger partial charge on any atom is 0.402 e. The predicted molar refractivity (Wildman–Crippen MR) is 64.6 cm³/mol. The Bertz CT molecular complexity index is 516. The third-order valence-corrected chi connectivity index (χ3v) is 4.55. The quantitative estimate of drug-likeness (QED) is 0.841. The number of nitrogens with zero attached hydrogens (tertiary/aromatic N) is 1. The second-order valence-corrected chi connectivity index (χ2v) is 6.36. The van der Waals surface area contributed by atoms with E-state index in [0.29, 0.717) is 8.78 Å². The molecule has 0 N–H and O–H groups in total. The van der Waals surface area contributed by atoms with Gasteiger partial charge >= 0.3 is 6.18 Å². The number of rotatable bonds is 4. The molecule has 0 saturated heterocycles. The maximum atomic E-state index is 12.3. The van der Waals surface area contributed by atoms with Crippen molar-refractivity contribution in [1.29, 1.82) is 0 Å². The highest BCUT2D eigenvalue weighted by Gasteiger charge is 2.36. The Morgan fingerprint density at radius 1 is 1.33 bits per heavy atom. The fraction of sp³-hybridized carbons (Fsp3) is 0.400. The molecule has 3 nitrogen and oxygen atoms in total. The van der Waals surface area contributed by atoms with E-state index in [4.69, 9.17) is 0 Å². The van der Waals surface area contributed by atoms with Gasteiger partial charge in [-0.3, -0.25) is 0 Å². The molecule has 1 aromatic rings. The Morgan fingerprint density at radius 2 is 1.94 bits per heavy atom. The molecule has 0 unspecified atom stereocenters. The summed E-state index contributed by atoms with van der Waals surface area (Å²) in [5.41, 5.74) is 0. The van der Waals surface area contributed by atoms with Gasteiger partial charge < -0.3 is 0 Å². The van der Waals surface area contributed by atoms with Crippen LogP contribution in [0.2, 0.25) is 0 Å². The molecule has 102 valence electrons. The van der Waals surface area contributed by atoms with Crippen LogP contribution >= 0.6 is 15.9 Å². The molecule has 1 rings (SSSR count). The lowest BCUT2D eigenvalue weighted by Crippen LogP contribution is -2.38. The van der Waals surface area contributed by atoms with Crippen LogP contribution in [-0.4, -0.2) is 32.0 Å². The summed E-state index contributed by atoms with van der Waals surface area (Å²) < 4.78 is 61.8. The van der Waals surface area contributed by atoms with Crippen molar-refractivity contribution in [1.82, 2.24) is 4.31 Å². The molecule has 0 aliphatic heterocycles. The van der Waals surface area contributed by atoms with Gasteiger partial charge in [0.05, 0.1) is 4.90 Å². The van der Waals surface area contributed by atoms with Crippen LogP contribution in [0.1, 0.15) is 6.92 Å². The third-order valence-electron chi connectivity index (χ3n) is 2.14. The molecule has 0 heterocycles. The SMILES string of the molecule is CCN(CC(F)(F)F)S(=O)(=O)c1cccc(Br)c1. The van der Waals surface area contributed by atoms with Crippen molar-refractivity contribution in [3.8, 4) is 0 Å². The highest BCUT2D eigenvalue weighted by atomic mass is 79.9. The normalized spacial score (nSPS) is 13.0. The lowest BCUT2D eigenvalue weighted by atomic mass is 10.4. The van der Waals surface area contributed by atoms with Crippen LogP contribution in [0.5, 0.6) is 0 Å². The molecule has 0 aromatic heterocycles. The highest BCUT2D eigenvalue weighted by Crippen LogP contribution is 2.24. The van der Waals surface area contributed by atoms with E-state index in [1.165, 1.54) is 25.1 Å². The monoisotopic (exact) mass is 345 g/mol. The summed E-state index contributed by atoms with van der Waals surface area (Å²) in [6, 6.07) is 5.59. The van der Waals surface area contributed by atoms with E-state index in [2.05, 4.69) is 15.9 Å². The van der Waals surface area contributed by atoms with Crippen LogP contribution in [0.25, 0.3) is 0 Å². The highest BCUT2D eigenvalue weighted by molar-refractivity contribution is 9.10. The second-order valence-electron chi connectivity index (χ2n) is 3.50. The van der Waals surface area contributed by atoms with Crippen molar-refractivity contribution in [3.63, 3.8) is 0 Å². The van der Waals surface area contributed by atoms with Gasteiger partial charge in [0.15, 0.2) is 0 Å². The van der Waals surface area contributed by atoms with Crippen molar-refractivity contribution in [2.75, 3.05) is 13.1 Å². The summed E-state index contributed by atoms with van der Waals surface area (Å²) >= 11 is 3.08. The van der Waals surface area contributed by atoms with Gasteiger partial charge in [-0.2, -0.15) is 17.5 Å². The van der Waals surface area contributed by atoms with Crippen LogP contribution in [0, 0.1) is 0 Å². The molecular weight excluding hydrogens is 335 g/mol. The van der Waals surface area contributed by atoms with Crippen molar-refractivity contribution in [2.45, 2.75) is 18.0 Å². The molecule has 0 atom stereocenters. The zero-order valence-electron chi connectivity index (χ0n) is 9.41. The van der Waals surface area contributed by atoms with Crippen LogP contribution in [0.3, 0.4) is 0 Å². The van der Waals surface area contributed by atoms with Crippen LogP contribution < -0.4 is 0 Å². The molecule has 0 saturated carbocycles. The summed E-state index contributed by atoms with van der Waals surface area (Å²) in [6.45, 7) is -0.367. The van der Waals surface area contributed by atoms with Gasteiger partial charge in [-0.05, 0) is 18.2 Å². The molecule has 0 radical (unpaired) electrons. The van der Waals surface area contributed by atoms with E-state index in [1.807, 2.05) is 0 Å². The van der Waals surface area contributed by atoms with E-state index in [0.717, 1.165) is 0 Å². The van der Waals surface area contributed by atoms with Gasteiger partial charge in [0.25, 0.3) is 0 Å². The van der Waals surface area contributed by atoms with Crippen molar-refractivity contribution < 1.29 is 21.6 Å². The van der Waals surface area contributed by atoms with Gasteiger partial charge in [-0.15, -0.1) is 0 Å². The smallest absolute Gasteiger partial charge is 0.207 e. The Morgan fingerprint density at radius 3 is 2.39 bits per heavy atom. The Balaban J connectivity index is 3.11. The van der Waals surface area contributed by atoms with Crippen LogP contribution in [-0.2, 0) is 10.0 Å². The Kier molecular flexibility index (Phi) is 4.79. The lowest BCUT2D eigenvalue weighted by molar-refractivity contribution is -0.135. The average Bonchev–Trinajstić information content (AvgIpc) is 2.24. The fourth-order valence-corrected chi connectivity index (χ4v) is 3.37. The van der Waals surface area contributed by atoms with E-state index in [-0.39, 0.29) is 11.4 Å². The molecule has 18 heavy (non-hydrogen) atoms. The van der Waals surface area contributed by atoms with Gasteiger partial charge in [0.2, 0.25) is 10.0 Å². The van der Waals surface area contributed by atoms with Gasteiger partial charge in [0.1, 0.15) is 6.54 Å². The average molecular weight is 346 g/mol. The van der Waals surface area contributed by atoms with Gasteiger partial charge in [0, 0.05) is 11.0 Å². The fourth-order valence-electron chi connectivity index (χ4n) is 1.34. The van der Waals surface area contributed by atoms with Crippen molar-refractivity contribution in [3.05, 3.63) is 28.7 Å². The molecule has 1 aromatic carbocycles. The number of hydrogen-bond acceptors (Lipinski definition) is 2. The first-order valence-corrected chi connectivity index (χ1v) is 7.22. The van der Waals surface area contributed by atoms with E-state index >= 15 is 0 Å². The van der Waals surface area contributed by atoms with Gasteiger partial charge in [-0.1, -0.05) is 28.9 Å². The van der Waals surface area contributed by atoms with E-state index in [9.17, 15) is 21.6 Å². The standard InChI is InChI=1S/C10H11BrF3NO2S/c1-2-15(7-10(12,13)14)18(16,17)9-5-3-4-8(11)6-9/h3-6H,2,7H2,1H3. The Hall–Kier alpha value is -0.600. The molecule has 0 amide bonds. The summed E-state index contributed by atoms with van der Waals surface area (Å²) in [6.07, 6.45) is -4.56. The second kappa shape index (κ2) is 5.58. The summed E-state index contributed by atoms with van der Waals surface area (Å²) in [4.78, 5) is -0.164. The minimum atomic E-state index is -4.56. The number of alkyl halides is 3. The summed E-state index contributed by atoms with van der Waals surface area (Å²) in [5.74, 6) is 0.